The van der Waals surface area contributed by atoms with Crippen LogP contribution in [0.1, 0.15) is 93.9 Å². The molecule has 0 aromatic carbocycles. The van der Waals surface area contributed by atoms with E-state index >= 15 is 0 Å². The number of piperidine rings is 2. The number of hydrogen-bond acceptors (Lipinski definition) is 6. The van der Waals surface area contributed by atoms with Crippen LogP contribution in [-0.2, 0) is 19.0 Å². The van der Waals surface area contributed by atoms with E-state index in [4.69, 9.17) is 14.2 Å². The molecule has 0 N–H and O–H groups in total. The van der Waals surface area contributed by atoms with Crippen molar-refractivity contribution >= 4 is 5.97 Å². The third kappa shape index (κ3) is 6.89. The van der Waals surface area contributed by atoms with E-state index in [0.717, 1.165) is 25.7 Å². The number of nitrogens with zero attached hydrogens (tertiary/aromatic N) is 2. The zero-order chi connectivity index (χ0) is 23.7. The normalized spacial score (nSPS) is 26.6. The SMILES string of the molecule is CN1C(C)(C)CC(OCOCCCC(=O)OC2CC(C)(C)N(C)C(C)(C)C2)CC1(C)C. The quantitative estimate of drug-likeness (QED) is 0.312. The molecule has 0 unspecified atom stereocenters. The molecule has 6 nitrogen and oxygen atoms in total. The van der Waals surface area contributed by atoms with Crippen LogP contribution in [0.2, 0.25) is 0 Å². The predicted molar refractivity (Wildman–Crippen MR) is 125 cm³/mol. The van der Waals surface area contributed by atoms with E-state index in [1.807, 2.05) is 0 Å². The summed E-state index contributed by atoms with van der Waals surface area (Å²) in [6, 6.07) is 0. The minimum absolute atomic E-state index is 0.0181. The van der Waals surface area contributed by atoms with Crippen LogP contribution in [0.3, 0.4) is 0 Å². The number of carbonyl (C=O) groups is 1. The van der Waals surface area contributed by atoms with E-state index in [-0.39, 0.29) is 47.1 Å². The van der Waals surface area contributed by atoms with Gasteiger partial charge in [-0.3, -0.25) is 14.6 Å². The fraction of sp³-hybridized carbons (Fsp3) is 0.960. The van der Waals surface area contributed by atoms with Crippen molar-refractivity contribution < 1.29 is 19.0 Å². The maximum Gasteiger partial charge on any atom is 0.306 e. The Hall–Kier alpha value is -0.690. The molecule has 2 fully saturated rings. The molecule has 2 saturated heterocycles. The Balaban J connectivity index is 1.64. The average molecular weight is 441 g/mol. The van der Waals surface area contributed by atoms with Crippen LogP contribution in [0.15, 0.2) is 0 Å². The van der Waals surface area contributed by atoms with Crippen molar-refractivity contribution in [3.8, 4) is 0 Å². The minimum atomic E-state index is -0.121. The Kier molecular flexibility index (Phi) is 8.28. The summed E-state index contributed by atoms with van der Waals surface area (Å²) >= 11 is 0. The number of rotatable bonds is 8. The molecule has 0 aromatic heterocycles. The van der Waals surface area contributed by atoms with Crippen molar-refractivity contribution in [2.75, 3.05) is 27.5 Å². The molecule has 0 aliphatic carbocycles. The number of carbonyl (C=O) groups excluding carboxylic acids is 1. The van der Waals surface area contributed by atoms with Gasteiger partial charge < -0.3 is 14.2 Å². The summed E-state index contributed by atoms with van der Waals surface area (Å²) in [6.07, 6.45) is 4.94. The molecule has 0 spiro atoms. The molecule has 0 aromatic rings. The van der Waals surface area contributed by atoms with E-state index in [9.17, 15) is 4.79 Å². The Labute approximate surface area is 191 Å². The van der Waals surface area contributed by atoms with Crippen molar-refractivity contribution in [3.63, 3.8) is 0 Å². The summed E-state index contributed by atoms with van der Waals surface area (Å²) in [7, 11) is 4.35. The first-order chi connectivity index (χ1) is 14.1. The highest BCUT2D eigenvalue weighted by Gasteiger charge is 2.45. The lowest BCUT2D eigenvalue weighted by Gasteiger charge is -2.53. The smallest absolute Gasteiger partial charge is 0.306 e. The summed E-state index contributed by atoms with van der Waals surface area (Å²) in [5.41, 5.74) is 0.245. The van der Waals surface area contributed by atoms with Crippen molar-refractivity contribution in [2.24, 2.45) is 0 Å². The predicted octanol–water partition coefficient (Wildman–Crippen LogP) is 4.60. The van der Waals surface area contributed by atoms with Gasteiger partial charge in [0, 0.05) is 48.0 Å². The second kappa shape index (κ2) is 9.66. The van der Waals surface area contributed by atoms with Gasteiger partial charge in [-0.15, -0.1) is 0 Å². The van der Waals surface area contributed by atoms with Gasteiger partial charge in [0.15, 0.2) is 0 Å². The first-order valence-corrected chi connectivity index (χ1v) is 11.9. The number of likely N-dealkylation sites (tertiary alicyclic amines) is 2. The standard InChI is InChI=1S/C25H48N2O4/c1-22(2)14-19(15-23(3,4)26(22)9)30-18-29-13-11-12-21(28)31-20-16-24(5,6)27(10)25(7,8)17-20/h19-20H,11-18H2,1-10H3. The zero-order valence-corrected chi connectivity index (χ0v) is 21.8. The van der Waals surface area contributed by atoms with E-state index in [1.165, 1.54) is 0 Å². The van der Waals surface area contributed by atoms with E-state index in [2.05, 4.69) is 79.3 Å². The van der Waals surface area contributed by atoms with E-state index in [1.54, 1.807) is 0 Å². The average Bonchev–Trinajstić information content (AvgIpc) is 2.59. The molecule has 2 aliphatic rings. The molecule has 31 heavy (non-hydrogen) atoms. The number of esters is 1. The Morgan fingerprint density at radius 3 is 1.65 bits per heavy atom. The number of hydrogen-bond donors (Lipinski definition) is 0. The van der Waals surface area contributed by atoms with Gasteiger partial charge in [-0.2, -0.15) is 0 Å². The van der Waals surface area contributed by atoms with Gasteiger partial charge in [0.25, 0.3) is 0 Å². The fourth-order valence-corrected chi connectivity index (χ4v) is 5.53. The van der Waals surface area contributed by atoms with Crippen molar-refractivity contribution in [1.82, 2.24) is 9.80 Å². The molecule has 6 heteroatoms. The van der Waals surface area contributed by atoms with Gasteiger partial charge in [-0.05, 0) is 88.7 Å². The second-order valence-electron chi connectivity index (χ2n) is 12.2. The van der Waals surface area contributed by atoms with Crippen LogP contribution in [0, 0.1) is 0 Å². The van der Waals surface area contributed by atoms with E-state index in [0.29, 0.717) is 19.4 Å². The van der Waals surface area contributed by atoms with Crippen LogP contribution < -0.4 is 0 Å². The summed E-state index contributed by atoms with van der Waals surface area (Å²) in [6.45, 7) is 18.7. The molecule has 0 amide bonds. The van der Waals surface area contributed by atoms with Gasteiger partial charge in [0.2, 0.25) is 0 Å². The number of ether oxygens (including phenoxy) is 3. The van der Waals surface area contributed by atoms with Gasteiger partial charge in [0.05, 0.1) is 6.10 Å². The largest absolute Gasteiger partial charge is 0.462 e. The zero-order valence-electron chi connectivity index (χ0n) is 21.8. The summed E-state index contributed by atoms with van der Waals surface area (Å²) in [4.78, 5) is 17.2. The maximum absolute atomic E-state index is 12.3. The lowest BCUT2D eigenvalue weighted by atomic mass is 9.79. The van der Waals surface area contributed by atoms with Crippen molar-refractivity contribution in [2.45, 2.75) is 128 Å². The highest BCUT2D eigenvalue weighted by Crippen LogP contribution is 2.39. The summed E-state index contributed by atoms with van der Waals surface area (Å²) < 4.78 is 17.5. The Bertz CT molecular complexity index is 579. The van der Waals surface area contributed by atoms with Crippen LogP contribution >= 0.6 is 0 Å². The first kappa shape index (κ1) is 26.6. The second-order valence-corrected chi connectivity index (χ2v) is 12.2. The molecule has 0 bridgehead atoms. The highest BCUT2D eigenvalue weighted by molar-refractivity contribution is 5.69. The van der Waals surface area contributed by atoms with Crippen LogP contribution in [0.4, 0.5) is 0 Å². The highest BCUT2D eigenvalue weighted by atomic mass is 16.7. The third-order valence-corrected chi connectivity index (χ3v) is 7.90. The molecule has 0 radical (unpaired) electrons. The molecule has 2 rings (SSSR count). The van der Waals surface area contributed by atoms with Gasteiger partial charge in [0.1, 0.15) is 12.9 Å². The fourth-order valence-electron chi connectivity index (χ4n) is 5.53. The molecule has 0 atom stereocenters. The van der Waals surface area contributed by atoms with E-state index < -0.39 is 0 Å². The maximum atomic E-state index is 12.3. The van der Waals surface area contributed by atoms with Crippen molar-refractivity contribution in [1.29, 1.82) is 0 Å². The molecular formula is C25H48N2O4. The molecule has 2 aliphatic heterocycles. The van der Waals surface area contributed by atoms with Crippen molar-refractivity contribution in [3.05, 3.63) is 0 Å². The monoisotopic (exact) mass is 440 g/mol. The topological polar surface area (TPSA) is 51.2 Å². The van der Waals surface area contributed by atoms with Crippen LogP contribution in [0.25, 0.3) is 0 Å². The van der Waals surface area contributed by atoms with Crippen LogP contribution in [-0.4, -0.2) is 77.6 Å². The lowest BCUT2D eigenvalue weighted by molar-refractivity contribution is -0.160. The van der Waals surface area contributed by atoms with Gasteiger partial charge in [-0.1, -0.05) is 0 Å². The Morgan fingerprint density at radius 1 is 0.774 bits per heavy atom. The summed E-state index contributed by atoms with van der Waals surface area (Å²) in [5, 5.41) is 0. The molecule has 0 saturated carbocycles. The van der Waals surface area contributed by atoms with Gasteiger partial charge in [-0.25, -0.2) is 0 Å². The summed E-state index contributed by atoms with van der Waals surface area (Å²) in [5.74, 6) is -0.121. The first-order valence-electron chi connectivity index (χ1n) is 11.9. The molecular weight excluding hydrogens is 392 g/mol. The molecule has 182 valence electrons. The third-order valence-electron chi connectivity index (χ3n) is 7.90. The minimum Gasteiger partial charge on any atom is -0.462 e. The molecule has 2 heterocycles. The lowest BCUT2D eigenvalue weighted by Crippen LogP contribution is -2.60. The van der Waals surface area contributed by atoms with Crippen LogP contribution in [0.5, 0.6) is 0 Å². The Morgan fingerprint density at radius 2 is 1.19 bits per heavy atom. The van der Waals surface area contributed by atoms with Gasteiger partial charge >= 0.3 is 5.97 Å².